The number of hydrogen-bond donors (Lipinski definition) is 0. The van der Waals surface area contributed by atoms with E-state index in [0.29, 0.717) is 0 Å². The summed E-state index contributed by atoms with van der Waals surface area (Å²) in [5, 5.41) is 0. The minimum Gasteiger partial charge on any atom is -0.349 e. The van der Waals surface area contributed by atoms with Crippen molar-refractivity contribution >= 4 is 23.9 Å². The molecule has 0 bridgehead atoms. The fourth-order valence-corrected chi connectivity index (χ4v) is 1.03. The van der Waals surface area contributed by atoms with Gasteiger partial charge in [0.1, 0.15) is 0 Å². The van der Waals surface area contributed by atoms with Crippen molar-refractivity contribution in [3.05, 3.63) is 24.3 Å². The average molecular weight is 240 g/mol. The van der Waals surface area contributed by atoms with Gasteiger partial charge < -0.3 is 18.9 Å². The molecule has 2 aliphatic heterocycles. The Kier molecular flexibility index (Phi) is 2.39. The predicted molar refractivity (Wildman–Crippen MR) is 45.4 cm³/mol. The molecule has 0 aromatic heterocycles. The second-order valence-electron chi connectivity index (χ2n) is 2.85. The van der Waals surface area contributed by atoms with Gasteiger partial charge in [0.05, 0.1) is 0 Å². The van der Waals surface area contributed by atoms with Gasteiger partial charge in [0.2, 0.25) is 0 Å². The standard InChI is InChI=1S/C9H4O8/c10-5-1-2-6(11)15-9(14-5)16-7(12)3-4-8(13)17-9/h1-4H. The van der Waals surface area contributed by atoms with E-state index in [9.17, 15) is 19.2 Å². The van der Waals surface area contributed by atoms with Crippen LogP contribution in [-0.4, -0.2) is 30.0 Å². The summed E-state index contributed by atoms with van der Waals surface area (Å²) in [6.45, 7) is 0. The molecule has 2 heterocycles. The third kappa shape index (κ3) is 2.30. The van der Waals surface area contributed by atoms with Gasteiger partial charge in [-0.1, -0.05) is 0 Å². The van der Waals surface area contributed by atoms with Crippen LogP contribution in [0.25, 0.3) is 0 Å². The Morgan fingerprint density at radius 3 is 1.06 bits per heavy atom. The topological polar surface area (TPSA) is 105 Å². The minimum atomic E-state index is -2.81. The van der Waals surface area contributed by atoms with Crippen LogP contribution >= 0.6 is 0 Å². The Bertz CT molecular complexity index is 384. The van der Waals surface area contributed by atoms with Crippen LogP contribution in [0.4, 0.5) is 0 Å². The van der Waals surface area contributed by atoms with Gasteiger partial charge in [-0.15, -0.1) is 0 Å². The van der Waals surface area contributed by atoms with Gasteiger partial charge in [0, 0.05) is 24.3 Å². The van der Waals surface area contributed by atoms with Crippen LogP contribution in [0.5, 0.6) is 0 Å². The van der Waals surface area contributed by atoms with E-state index in [-0.39, 0.29) is 0 Å². The summed E-state index contributed by atoms with van der Waals surface area (Å²) in [6.07, 6.45) is 0.123. The highest BCUT2D eigenvalue weighted by atomic mass is 17.0. The van der Waals surface area contributed by atoms with Gasteiger partial charge in [-0.25, -0.2) is 19.2 Å². The molecule has 17 heavy (non-hydrogen) atoms. The molecule has 2 rings (SSSR count). The van der Waals surface area contributed by atoms with Crippen LogP contribution in [0.1, 0.15) is 0 Å². The van der Waals surface area contributed by atoms with Crippen molar-refractivity contribution in [1.29, 1.82) is 0 Å². The zero-order chi connectivity index (χ0) is 12.5. The summed E-state index contributed by atoms with van der Waals surface area (Å²) in [5.74, 6) is -4.28. The molecule has 0 aliphatic carbocycles. The monoisotopic (exact) mass is 240 g/mol. The second-order valence-corrected chi connectivity index (χ2v) is 2.85. The van der Waals surface area contributed by atoms with Crippen molar-refractivity contribution in [1.82, 2.24) is 0 Å². The van der Waals surface area contributed by atoms with Crippen LogP contribution < -0.4 is 0 Å². The van der Waals surface area contributed by atoms with Gasteiger partial charge >= 0.3 is 30.0 Å². The second kappa shape index (κ2) is 3.74. The molecule has 0 fully saturated rings. The first-order valence-electron chi connectivity index (χ1n) is 4.27. The summed E-state index contributed by atoms with van der Waals surface area (Å²) in [7, 11) is 0. The summed E-state index contributed by atoms with van der Waals surface area (Å²) in [6, 6.07) is 0. The molecular weight excluding hydrogens is 236 g/mol. The lowest BCUT2D eigenvalue weighted by Gasteiger charge is -2.24. The van der Waals surface area contributed by atoms with E-state index in [1.54, 1.807) is 0 Å². The molecule has 0 aromatic rings. The normalized spacial score (nSPS) is 22.1. The number of carbonyl (C=O) groups excluding carboxylic acids is 4. The van der Waals surface area contributed by atoms with E-state index in [1.807, 2.05) is 0 Å². The first kappa shape index (κ1) is 10.9. The molecule has 0 radical (unpaired) electrons. The number of carbonyl (C=O) groups is 4. The van der Waals surface area contributed by atoms with E-state index in [2.05, 4.69) is 18.9 Å². The van der Waals surface area contributed by atoms with Crippen molar-refractivity contribution in [2.45, 2.75) is 6.16 Å². The zero-order valence-corrected chi connectivity index (χ0v) is 8.08. The Hall–Kier alpha value is -2.64. The van der Waals surface area contributed by atoms with Crippen molar-refractivity contribution < 1.29 is 38.1 Å². The Morgan fingerprint density at radius 2 is 0.824 bits per heavy atom. The van der Waals surface area contributed by atoms with Crippen molar-refractivity contribution in [2.24, 2.45) is 0 Å². The first-order valence-corrected chi connectivity index (χ1v) is 4.27. The van der Waals surface area contributed by atoms with E-state index < -0.39 is 30.0 Å². The van der Waals surface area contributed by atoms with E-state index in [1.165, 1.54) is 0 Å². The van der Waals surface area contributed by atoms with Crippen LogP contribution in [-0.2, 0) is 38.1 Å². The molecule has 2 aliphatic rings. The number of hydrogen-bond acceptors (Lipinski definition) is 8. The molecule has 8 heteroatoms. The van der Waals surface area contributed by atoms with Crippen LogP contribution in [0.2, 0.25) is 0 Å². The van der Waals surface area contributed by atoms with Gasteiger partial charge in [-0.2, -0.15) is 0 Å². The SMILES string of the molecule is O=C1C=CC(=O)OC2(O1)OC(=O)C=CC(=O)O2. The Labute approximate surface area is 93.4 Å². The summed E-state index contributed by atoms with van der Waals surface area (Å²) >= 11 is 0. The maximum Gasteiger partial charge on any atom is 0.620 e. The molecule has 88 valence electrons. The molecule has 0 atom stereocenters. The van der Waals surface area contributed by atoms with Gasteiger partial charge in [0.15, 0.2) is 0 Å². The minimum absolute atomic E-state index is 0.733. The average Bonchev–Trinajstić information content (AvgIpc) is 2.43. The zero-order valence-electron chi connectivity index (χ0n) is 8.08. The highest BCUT2D eigenvalue weighted by Gasteiger charge is 2.50. The van der Waals surface area contributed by atoms with Crippen LogP contribution in [0.3, 0.4) is 0 Å². The first-order chi connectivity index (χ1) is 7.99. The van der Waals surface area contributed by atoms with Crippen LogP contribution in [0.15, 0.2) is 24.3 Å². The maximum atomic E-state index is 11.1. The van der Waals surface area contributed by atoms with Gasteiger partial charge in [0.25, 0.3) is 0 Å². The number of esters is 4. The molecular formula is C9H4O8. The van der Waals surface area contributed by atoms with Gasteiger partial charge in [-0.05, 0) is 0 Å². The molecule has 0 unspecified atom stereocenters. The Morgan fingerprint density at radius 1 is 0.588 bits per heavy atom. The molecule has 0 N–H and O–H groups in total. The number of ether oxygens (including phenoxy) is 4. The lowest BCUT2D eigenvalue weighted by Crippen LogP contribution is -2.45. The van der Waals surface area contributed by atoms with Crippen molar-refractivity contribution in [3.8, 4) is 0 Å². The highest BCUT2D eigenvalue weighted by Crippen LogP contribution is 2.23. The fraction of sp³-hybridized carbons (Fsp3) is 0.111. The van der Waals surface area contributed by atoms with E-state index >= 15 is 0 Å². The summed E-state index contributed by atoms with van der Waals surface area (Å²) in [4.78, 5) is 44.3. The molecule has 0 saturated heterocycles. The quantitative estimate of drug-likeness (QED) is 0.492. The van der Waals surface area contributed by atoms with Crippen molar-refractivity contribution in [2.75, 3.05) is 0 Å². The molecule has 1 spiro atoms. The van der Waals surface area contributed by atoms with Crippen molar-refractivity contribution in [3.63, 3.8) is 0 Å². The lowest BCUT2D eigenvalue weighted by molar-refractivity contribution is -0.425. The highest BCUT2D eigenvalue weighted by molar-refractivity contribution is 5.96. The van der Waals surface area contributed by atoms with E-state index in [4.69, 9.17) is 0 Å². The third-order valence-corrected chi connectivity index (χ3v) is 1.61. The van der Waals surface area contributed by atoms with Crippen LogP contribution in [0, 0.1) is 0 Å². The molecule has 0 aromatic carbocycles. The summed E-state index contributed by atoms with van der Waals surface area (Å²) in [5.41, 5.74) is 0. The summed E-state index contributed by atoms with van der Waals surface area (Å²) < 4.78 is 17.7. The largest absolute Gasteiger partial charge is 0.620 e. The lowest BCUT2D eigenvalue weighted by atomic mass is 10.5. The van der Waals surface area contributed by atoms with Gasteiger partial charge in [-0.3, -0.25) is 0 Å². The van der Waals surface area contributed by atoms with E-state index in [0.717, 1.165) is 24.3 Å². The third-order valence-electron chi connectivity index (χ3n) is 1.61. The predicted octanol–water partition coefficient (Wildman–Crippen LogP) is -1.09. The number of rotatable bonds is 0. The molecule has 0 amide bonds. The fourth-order valence-electron chi connectivity index (χ4n) is 1.03. The molecule has 0 saturated carbocycles. The molecule has 8 nitrogen and oxygen atoms in total. The Balaban J connectivity index is 2.34. The smallest absolute Gasteiger partial charge is 0.349 e. The maximum absolute atomic E-state index is 11.1.